The maximum absolute atomic E-state index is 13.6. The highest BCUT2D eigenvalue weighted by Gasteiger charge is 2.07. The summed E-state index contributed by atoms with van der Waals surface area (Å²) in [6.07, 6.45) is 0.875. The minimum atomic E-state index is -0.391. The Morgan fingerprint density at radius 3 is 2.53 bits per heavy atom. The van der Waals surface area contributed by atoms with Crippen molar-refractivity contribution in [1.29, 1.82) is 0 Å². The standard InChI is InChI=1S/C15H15BrFNO/c1-2-14(18)10-3-6-12(7-4-10)19-15-9-11(16)5-8-13(15)17/h3-9,14H,2,18H2,1H3/t14-/m1/s1. The molecule has 2 N–H and O–H groups in total. The molecule has 0 fully saturated rings. The summed E-state index contributed by atoms with van der Waals surface area (Å²) in [5, 5.41) is 0. The second-order valence-electron chi connectivity index (χ2n) is 4.26. The normalized spacial score (nSPS) is 12.2. The maximum atomic E-state index is 13.6. The van der Waals surface area contributed by atoms with Crippen LogP contribution < -0.4 is 10.5 Å². The van der Waals surface area contributed by atoms with E-state index in [0.29, 0.717) is 5.75 Å². The Hall–Kier alpha value is -1.39. The van der Waals surface area contributed by atoms with Crippen molar-refractivity contribution in [2.24, 2.45) is 5.73 Å². The van der Waals surface area contributed by atoms with Crippen LogP contribution in [0.5, 0.6) is 11.5 Å². The third-order valence-electron chi connectivity index (χ3n) is 2.87. The van der Waals surface area contributed by atoms with Gasteiger partial charge in [-0.15, -0.1) is 0 Å². The molecule has 2 aromatic rings. The van der Waals surface area contributed by atoms with Crippen molar-refractivity contribution >= 4 is 15.9 Å². The Labute approximate surface area is 120 Å². The first kappa shape index (κ1) is 14.0. The second kappa shape index (κ2) is 6.17. The van der Waals surface area contributed by atoms with E-state index in [-0.39, 0.29) is 11.8 Å². The fraction of sp³-hybridized carbons (Fsp3) is 0.200. The van der Waals surface area contributed by atoms with E-state index in [1.54, 1.807) is 24.3 Å². The Morgan fingerprint density at radius 1 is 1.21 bits per heavy atom. The zero-order chi connectivity index (χ0) is 13.8. The summed E-state index contributed by atoms with van der Waals surface area (Å²) in [4.78, 5) is 0. The zero-order valence-corrected chi connectivity index (χ0v) is 12.2. The molecule has 0 aliphatic rings. The third-order valence-corrected chi connectivity index (χ3v) is 3.36. The minimum Gasteiger partial charge on any atom is -0.454 e. The lowest BCUT2D eigenvalue weighted by Gasteiger charge is -2.11. The summed E-state index contributed by atoms with van der Waals surface area (Å²) in [5.41, 5.74) is 6.98. The molecule has 0 aliphatic heterocycles. The molecule has 0 saturated carbocycles. The SMILES string of the molecule is CC[C@@H](N)c1ccc(Oc2cc(Br)ccc2F)cc1. The molecule has 0 saturated heterocycles. The Morgan fingerprint density at radius 2 is 1.89 bits per heavy atom. The summed E-state index contributed by atoms with van der Waals surface area (Å²) >= 11 is 3.29. The minimum absolute atomic E-state index is 0.0247. The number of rotatable bonds is 4. The lowest BCUT2D eigenvalue weighted by atomic mass is 10.1. The number of nitrogens with two attached hydrogens (primary N) is 1. The van der Waals surface area contributed by atoms with E-state index in [1.807, 2.05) is 19.1 Å². The van der Waals surface area contributed by atoms with E-state index in [1.165, 1.54) is 6.07 Å². The van der Waals surface area contributed by atoms with Crippen molar-refractivity contribution in [2.45, 2.75) is 19.4 Å². The van der Waals surface area contributed by atoms with Gasteiger partial charge in [0.15, 0.2) is 11.6 Å². The number of benzene rings is 2. The van der Waals surface area contributed by atoms with E-state index in [9.17, 15) is 4.39 Å². The molecule has 19 heavy (non-hydrogen) atoms. The quantitative estimate of drug-likeness (QED) is 0.877. The first-order valence-electron chi connectivity index (χ1n) is 6.08. The van der Waals surface area contributed by atoms with Crippen LogP contribution in [0.15, 0.2) is 46.9 Å². The number of ether oxygens (including phenoxy) is 1. The summed E-state index contributed by atoms with van der Waals surface area (Å²) < 4.78 is 19.8. The third kappa shape index (κ3) is 3.55. The summed E-state index contributed by atoms with van der Waals surface area (Å²) in [6, 6.07) is 12.0. The molecule has 0 heterocycles. The number of hydrogen-bond donors (Lipinski definition) is 1. The molecule has 2 nitrogen and oxygen atoms in total. The van der Waals surface area contributed by atoms with Crippen molar-refractivity contribution in [1.82, 2.24) is 0 Å². The summed E-state index contributed by atoms with van der Waals surface area (Å²) in [6.45, 7) is 2.03. The fourth-order valence-electron chi connectivity index (χ4n) is 1.70. The lowest BCUT2D eigenvalue weighted by molar-refractivity contribution is 0.441. The molecule has 0 amide bonds. The van der Waals surface area contributed by atoms with Crippen molar-refractivity contribution in [2.75, 3.05) is 0 Å². The van der Waals surface area contributed by atoms with Gasteiger partial charge >= 0.3 is 0 Å². The smallest absolute Gasteiger partial charge is 0.165 e. The maximum Gasteiger partial charge on any atom is 0.165 e. The Kier molecular flexibility index (Phi) is 4.56. The largest absolute Gasteiger partial charge is 0.454 e. The molecule has 100 valence electrons. The molecule has 1 atom stereocenters. The predicted molar refractivity (Wildman–Crippen MR) is 77.8 cm³/mol. The Balaban J connectivity index is 2.17. The topological polar surface area (TPSA) is 35.2 Å². The van der Waals surface area contributed by atoms with Crippen LogP contribution in [0.25, 0.3) is 0 Å². The van der Waals surface area contributed by atoms with Gasteiger partial charge in [-0.1, -0.05) is 35.0 Å². The fourth-order valence-corrected chi connectivity index (χ4v) is 2.04. The molecule has 0 spiro atoms. The van der Waals surface area contributed by atoms with Crippen molar-refractivity contribution in [3.05, 3.63) is 58.3 Å². The van der Waals surface area contributed by atoms with Crippen LogP contribution in [-0.2, 0) is 0 Å². The first-order valence-corrected chi connectivity index (χ1v) is 6.88. The highest BCUT2D eigenvalue weighted by Crippen LogP contribution is 2.28. The molecule has 0 bridgehead atoms. The van der Waals surface area contributed by atoms with E-state index < -0.39 is 5.82 Å². The molecule has 0 aromatic heterocycles. The first-order chi connectivity index (χ1) is 9.10. The van der Waals surface area contributed by atoms with Gasteiger partial charge in [-0.25, -0.2) is 4.39 Å². The summed E-state index contributed by atoms with van der Waals surface area (Å²) in [5.74, 6) is 0.392. The van der Waals surface area contributed by atoms with E-state index in [2.05, 4.69) is 15.9 Å². The molecule has 0 radical (unpaired) electrons. The van der Waals surface area contributed by atoms with Crippen LogP contribution in [0.4, 0.5) is 4.39 Å². The monoisotopic (exact) mass is 323 g/mol. The molecule has 0 unspecified atom stereocenters. The highest BCUT2D eigenvalue weighted by molar-refractivity contribution is 9.10. The van der Waals surface area contributed by atoms with Crippen LogP contribution in [0.2, 0.25) is 0 Å². The molecular formula is C15H15BrFNO. The zero-order valence-electron chi connectivity index (χ0n) is 10.6. The van der Waals surface area contributed by atoms with E-state index >= 15 is 0 Å². The second-order valence-corrected chi connectivity index (χ2v) is 5.18. The van der Waals surface area contributed by atoms with Crippen LogP contribution in [0, 0.1) is 5.82 Å². The van der Waals surface area contributed by atoms with E-state index in [0.717, 1.165) is 16.5 Å². The van der Waals surface area contributed by atoms with Crippen LogP contribution in [-0.4, -0.2) is 0 Å². The van der Waals surface area contributed by atoms with Gasteiger partial charge in [0.1, 0.15) is 5.75 Å². The predicted octanol–water partition coefficient (Wildman–Crippen LogP) is 4.79. The Bertz CT molecular complexity index is 557. The number of hydrogen-bond acceptors (Lipinski definition) is 2. The molecule has 4 heteroatoms. The highest BCUT2D eigenvalue weighted by atomic mass is 79.9. The van der Waals surface area contributed by atoms with Gasteiger partial charge < -0.3 is 10.5 Å². The van der Waals surface area contributed by atoms with Crippen molar-refractivity contribution < 1.29 is 9.13 Å². The van der Waals surface area contributed by atoms with Gasteiger partial charge in [-0.3, -0.25) is 0 Å². The average Bonchev–Trinajstić information content (AvgIpc) is 2.43. The van der Waals surface area contributed by atoms with Crippen LogP contribution in [0.1, 0.15) is 24.9 Å². The molecule has 0 aliphatic carbocycles. The van der Waals surface area contributed by atoms with Gasteiger partial charge in [0.2, 0.25) is 0 Å². The van der Waals surface area contributed by atoms with Gasteiger partial charge in [0.05, 0.1) is 0 Å². The van der Waals surface area contributed by atoms with Crippen molar-refractivity contribution in [3.63, 3.8) is 0 Å². The number of halogens is 2. The van der Waals surface area contributed by atoms with Crippen molar-refractivity contribution in [3.8, 4) is 11.5 Å². The summed E-state index contributed by atoms with van der Waals surface area (Å²) in [7, 11) is 0. The van der Waals surface area contributed by atoms with Gasteiger partial charge in [0.25, 0.3) is 0 Å². The van der Waals surface area contributed by atoms with Gasteiger partial charge in [0, 0.05) is 10.5 Å². The van der Waals surface area contributed by atoms with E-state index in [4.69, 9.17) is 10.5 Å². The average molecular weight is 324 g/mol. The van der Waals surface area contributed by atoms with Crippen LogP contribution >= 0.6 is 15.9 Å². The molecule has 2 rings (SSSR count). The molecular weight excluding hydrogens is 309 g/mol. The van der Waals surface area contributed by atoms with Crippen LogP contribution in [0.3, 0.4) is 0 Å². The molecule has 2 aromatic carbocycles. The van der Waals surface area contributed by atoms with Gasteiger partial charge in [-0.05, 0) is 42.3 Å². The lowest BCUT2D eigenvalue weighted by Crippen LogP contribution is -2.08. The van der Waals surface area contributed by atoms with Gasteiger partial charge in [-0.2, -0.15) is 0 Å².